The molecule has 0 nitrogen and oxygen atoms in total. The molecule has 9 heavy (non-hydrogen) atoms. The van der Waals surface area contributed by atoms with Crippen LogP contribution in [0.4, 0.5) is 4.39 Å². The van der Waals surface area contributed by atoms with E-state index in [1.54, 1.807) is 24.3 Å². The predicted molar refractivity (Wildman–Crippen MR) is 35.7 cm³/mol. The zero-order valence-corrected chi connectivity index (χ0v) is 5.10. The first kappa shape index (κ1) is 6.27. The molecule has 0 aromatic heterocycles. The smallest absolute Gasteiger partial charge is 0.115 e. The van der Waals surface area contributed by atoms with E-state index in [1.807, 2.05) is 0 Å². The maximum Gasteiger partial charge on any atom is 0.115 e. The zero-order chi connectivity index (χ0) is 6.69. The van der Waals surface area contributed by atoms with Gasteiger partial charge in [0, 0.05) is 0 Å². The Morgan fingerprint density at radius 1 is 1.22 bits per heavy atom. The second-order valence-corrected chi connectivity index (χ2v) is 1.95. The second-order valence-electron chi connectivity index (χ2n) is 1.95. The van der Waals surface area contributed by atoms with Gasteiger partial charge in [0.15, 0.2) is 0 Å². The summed E-state index contributed by atoms with van der Waals surface area (Å²) < 4.78 is 11.8. The first-order chi connectivity index (χ1) is 4.33. The summed E-state index contributed by atoms with van der Waals surface area (Å²) >= 11 is 0. The lowest BCUT2D eigenvalue weighted by atomic mass is 10.2. The monoisotopic (exact) mass is 123 g/mol. The van der Waals surface area contributed by atoms with E-state index in [0.717, 1.165) is 5.56 Å². The summed E-state index contributed by atoms with van der Waals surface area (Å²) in [6, 6.07) is 7.08. The Morgan fingerprint density at radius 2 is 1.78 bits per heavy atom. The zero-order valence-electron chi connectivity index (χ0n) is 5.10. The standard InChI is InChI=1S/C8H8F/c1-7-2-4-8(6-9)5-3-7/h2-5H,1,6H2. The van der Waals surface area contributed by atoms with Crippen molar-refractivity contribution in [2.75, 3.05) is 0 Å². The minimum atomic E-state index is -0.389. The molecule has 0 amide bonds. The van der Waals surface area contributed by atoms with Crippen molar-refractivity contribution >= 4 is 0 Å². The van der Waals surface area contributed by atoms with Gasteiger partial charge in [-0.25, -0.2) is 4.39 Å². The van der Waals surface area contributed by atoms with Crippen LogP contribution >= 0.6 is 0 Å². The van der Waals surface area contributed by atoms with Crippen LogP contribution in [-0.2, 0) is 6.67 Å². The van der Waals surface area contributed by atoms with Crippen LogP contribution in [0.2, 0.25) is 0 Å². The third kappa shape index (κ3) is 1.53. The highest BCUT2D eigenvalue weighted by atomic mass is 19.1. The Hall–Kier alpha value is -0.850. The largest absolute Gasteiger partial charge is 0.246 e. The molecule has 0 fully saturated rings. The highest BCUT2D eigenvalue weighted by molar-refractivity contribution is 5.23. The van der Waals surface area contributed by atoms with E-state index in [4.69, 9.17) is 0 Å². The molecular formula is C8H8F. The van der Waals surface area contributed by atoms with Crippen LogP contribution in [0.25, 0.3) is 0 Å². The molecule has 0 aliphatic carbocycles. The molecule has 0 aliphatic heterocycles. The van der Waals surface area contributed by atoms with Gasteiger partial charge in [0.2, 0.25) is 0 Å². The highest BCUT2D eigenvalue weighted by Crippen LogP contribution is 2.03. The van der Waals surface area contributed by atoms with E-state index in [0.29, 0.717) is 5.56 Å². The van der Waals surface area contributed by atoms with E-state index in [9.17, 15) is 4.39 Å². The molecule has 1 aromatic rings. The summed E-state index contributed by atoms with van der Waals surface area (Å²) in [5.41, 5.74) is 1.63. The van der Waals surface area contributed by atoms with Gasteiger partial charge in [0.1, 0.15) is 6.67 Å². The van der Waals surface area contributed by atoms with Gasteiger partial charge in [-0.1, -0.05) is 24.3 Å². The van der Waals surface area contributed by atoms with E-state index < -0.39 is 0 Å². The first-order valence-corrected chi connectivity index (χ1v) is 2.80. The fourth-order valence-electron chi connectivity index (χ4n) is 0.628. The summed E-state index contributed by atoms with van der Waals surface area (Å²) in [5, 5.41) is 0. The van der Waals surface area contributed by atoms with Crippen LogP contribution in [0.15, 0.2) is 24.3 Å². The molecule has 47 valence electrons. The molecule has 1 heteroatoms. The fraction of sp³-hybridized carbons (Fsp3) is 0.125. The lowest BCUT2D eigenvalue weighted by Crippen LogP contribution is -1.76. The maximum atomic E-state index is 11.8. The fourth-order valence-corrected chi connectivity index (χ4v) is 0.628. The molecule has 0 atom stereocenters. The van der Waals surface area contributed by atoms with Crippen molar-refractivity contribution in [2.45, 2.75) is 6.67 Å². The average molecular weight is 123 g/mol. The van der Waals surface area contributed by atoms with Crippen LogP contribution in [-0.4, -0.2) is 0 Å². The van der Waals surface area contributed by atoms with Crippen molar-refractivity contribution in [1.29, 1.82) is 0 Å². The molecule has 0 saturated heterocycles. The molecule has 1 aromatic carbocycles. The maximum absolute atomic E-state index is 11.8. The van der Waals surface area contributed by atoms with E-state index >= 15 is 0 Å². The van der Waals surface area contributed by atoms with Crippen LogP contribution < -0.4 is 0 Å². The van der Waals surface area contributed by atoms with Crippen LogP contribution in [0.1, 0.15) is 11.1 Å². The molecule has 0 bridgehead atoms. The second kappa shape index (κ2) is 2.62. The van der Waals surface area contributed by atoms with Crippen molar-refractivity contribution < 1.29 is 4.39 Å². The molecule has 0 heterocycles. The molecule has 0 unspecified atom stereocenters. The van der Waals surface area contributed by atoms with Gasteiger partial charge in [-0.2, -0.15) is 0 Å². The third-order valence-electron chi connectivity index (χ3n) is 1.18. The Kier molecular flexibility index (Phi) is 1.83. The molecule has 0 aliphatic rings. The van der Waals surface area contributed by atoms with Crippen LogP contribution in [0.3, 0.4) is 0 Å². The minimum Gasteiger partial charge on any atom is -0.246 e. The molecule has 0 spiro atoms. The van der Waals surface area contributed by atoms with Crippen molar-refractivity contribution in [3.63, 3.8) is 0 Å². The normalized spacial score (nSPS) is 9.56. The molecule has 0 N–H and O–H groups in total. The van der Waals surface area contributed by atoms with Gasteiger partial charge in [-0.3, -0.25) is 0 Å². The van der Waals surface area contributed by atoms with Crippen LogP contribution in [0, 0.1) is 6.92 Å². The molecule has 0 saturated carbocycles. The Labute approximate surface area is 54.3 Å². The summed E-state index contributed by atoms with van der Waals surface area (Å²) in [7, 11) is 0. The number of halogens is 1. The van der Waals surface area contributed by atoms with Crippen molar-refractivity contribution in [2.24, 2.45) is 0 Å². The minimum absolute atomic E-state index is 0.389. The first-order valence-electron chi connectivity index (χ1n) is 2.80. The van der Waals surface area contributed by atoms with Gasteiger partial charge in [0.05, 0.1) is 0 Å². The SMILES string of the molecule is [CH2]c1ccc(CF)cc1. The van der Waals surface area contributed by atoms with E-state index in [-0.39, 0.29) is 6.67 Å². The number of rotatable bonds is 1. The number of benzene rings is 1. The summed E-state index contributed by atoms with van der Waals surface area (Å²) in [5.74, 6) is 0. The van der Waals surface area contributed by atoms with Gasteiger partial charge >= 0.3 is 0 Å². The Morgan fingerprint density at radius 3 is 2.22 bits per heavy atom. The summed E-state index contributed by atoms with van der Waals surface area (Å²) in [4.78, 5) is 0. The van der Waals surface area contributed by atoms with Crippen LogP contribution in [0.5, 0.6) is 0 Å². The molecule has 1 rings (SSSR count). The van der Waals surface area contributed by atoms with E-state index in [2.05, 4.69) is 6.92 Å². The average Bonchev–Trinajstić information content (AvgIpc) is 1.90. The Bertz CT molecular complexity index is 176. The molecular weight excluding hydrogens is 115 g/mol. The summed E-state index contributed by atoms with van der Waals surface area (Å²) in [6.07, 6.45) is 0. The van der Waals surface area contributed by atoms with Gasteiger partial charge < -0.3 is 0 Å². The topological polar surface area (TPSA) is 0 Å². The van der Waals surface area contributed by atoms with Crippen molar-refractivity contribution in [3.05, 3.63) is 42.3 Å². The number of alkyl halides is 1. The lowest BCUT2D eigenvalue weighted by Gasteiger charge is -1.92. The van der Waals surface area contributed by atoms with E-state index in [1.165, 1.54) is 0 Å². The number of hydrogen-bond donors (Lipinski definition) is 0. The summed E-state index contributed by atoms with van der Waals surface area (Å²) in [6.45, 7) is 3.28. The van der Waals surface area contributed by atoms with Crippen molar-refractivity contribution in [3.8, 4) is 0 Å². The third-order valence-corrected chi connectivity index (χ3v) is 1.18. The number of hydrogen-bond acceptors (Lipinski definition) is 0. The van der Waals surface area contributed by atoms with Gasteiger partial charge in [-0.05, 0) is 18.1 Å². The van der Waals surface area contributed by atoms with Gasteiger partial charge in [0.25, 0.3) is 0 Å². The quantitative estimate of drug-likeness (QED) is 0.537. The van der Waals surface area contributed by atoms with Gasteiger partial charge in [-0.15, -0.1) is 0 Å². The lowest BCUT2D eigenvalue weighted by molar-refractivity contribution is 0.485. The van der Waals surface area contributed by atoms with Crippen molar-refractivity contribution in [1.82, 2.24) is 0 Å². The predicted octanol–water partition coefficient (Wildman–Crippen LogP) is 2.34. The molecule has 1 radical (unpaired) electrons. The highest BCUT2D eigenvalue weighted by Gasteiger charge is 1.87. The Balaban J connectivity index is 2.88.